The molecule has 2 fully saturated rings. The fraction of sp³-hybridized carbons (Fsp3) is 0.520. The summed E-state index contributed by atoms with van der Waals surface area (Å²) in [5.74, 6) is 0.918. The topological polar surface area (TPSA) is 87.7 Å². The van der Waals surface area contributed by atoms with Gasteiger partial charge in [-0.25, -0.2) is 0 Å². The summed E-state index contributed by atoms with van der Waals surface area (Å²) in [6.45, 7) is 0. The van der Waals surface area contributed by atoms with Gasteiger partial charge in [-0.15, -0.1) is 0 Å². The first kappa shape index (κ1) is 21.6. The van der Waals surface area contributed by atoms with E-state index in [4.69, 9.17) is 4.74 Å². The van der Waals surface area contributed by atoms with Gasteiger partial charge in [0, 0.05) is 29.8 Å². The summed E-state index contributed by atoms with van der Waals surface area (Å²) in [5.41, 5.74) is 0.745. The standard InChI is InChI=1S/C25H32N2O4/c1-31-22-11-6-17(20-4-2-3-5-21(20)22)16-25(15-13-24(30)27-25)14-12-23(29)26-18-7-9-19(28)10-8-18/h2-6,11,18-19,28H,7-10,12-16H2,1H3,(H,26,29)(H,27,30). The number of carbonyl (C=O) groups excluding carboxylic acids is 2. The summed E-state index contributed by atoms with van der Waals surface area (Å²) in [4.78, 5) is 24.8. The molecule has 0 bridgehead atoms. The first-order valence-corrected chi connectivity index (χ1v) is 11.3. The number of rotatable bonds is 7. The highest BCUT2D eigenvalue weighted by molar-refractivity contribution is 5.91. The first-order chi connectivity index (χ1) is 15.0. The number of aliphatic hydroxyl groups excluding tert-OH is 1. The van der Waals surface area contributed by atoms with Crippen LogP contribution in [0.15, 0.2) is 36.4 Å². The summed E-state index contributed by atoms with van der Waals surface area (Å²) in [5, 5.41) is 18.1. The van der Waals surface area contributed by atoms with Crippen molar-refractivity contribution in [3.8, 4) is 5.75 Å². The van der Waals surface area contributed by atoms with Gasteiger partial charge in [0.2, 0.25) is 11.8 Å². The second-order valence-electron chi connectivity index (χ2n) is 9.05. The van der Waals surface area contributed by atoms with Gasteiger partial charge in [0.1, 0.15) is 5.75 Å². The summed E-state index contributed by atoms with van der Waals surface area (Å²) in [6.07, 6.45) is 5.82. The average molecular weight is 425 g/mol. The molecular formula is C25H32N2O4. The lowest BCUT2D eigenvalue weighted by Gasteiger charge is -2.31. The van der Waals surface area contributed by atoms with Gasteiger partial charge in [-0.1, -0.05) is 30.3 Å². The number of benzene rings is 2. The van der Waals surface area contributed by atoms with E-state index in [1.54, 1.807) is 7.11 Å². The molecule has 2 aromatic carbocycles. The number of fused-ring (bicyclic) bond motifs is 1. The predicted octanol–water partition coefficient (Wildman–Crippen LogP) is 3.24. The lowest BCUT2D eigenvalue weighted by molar-refractivity contribution is -0.123. The molecule has 6 heteroatoms. The zero-order valence-corrected chi connectivity index (χ0v) is 18.2. The molecule has 1 atom stereocenters. The van der Waals surface area contributed by atoms with Crippen LogP contribution in [-0.4, -0.2) is 41.7 Å². The molecule has 1 saturated carbocycles. The summed E-state index contributed by atoms with van der Waals surface area (Å²) >= 11 is 0. The van der Waals surface area contributed by atoms with E-state index < -0.39 is 5.54 Å². The van der Waals surface area contributed by atoms with Crippen molar-refractivity contribution in [2.45, 2.75) is 75.5 Å². The van der Waals surface area contributed by atoms with E-state index in [1.165, 1.54) is 0 Å². The van der Waals surface area contributed by atoms with Crippen LogP contribution in [0.4, 0.5) is 0 Å². The molecule has 1 heterocycles. The maximum atomic E-state index is 12.6. The lowest BCUT2D eigenvalue weighted by atomic mass is 9.83. The summed E-state index contributed by atoms with van der Waals surface area (Å²) in [6, 6.07) is 12.3. The molecule has 2 aliphatic rings. The Morgan fingerprint density at radius 2 is 1.90 bits per heavy atom. The molecule has 4 rings (SSSR count). The van der Waals surface area contributed by atoms with Gasteiger partial charge in [0.05, 0.1) is 13.2 Å². The third-order valence-corrected chi connectivity index (χ3v) is 6.85. The molecule has 0 radical (unpaired) electrons. The molecule has 1 saturated heterocycles. The normalized spacial score (nSPS) is 25.9. The van der Waals surface area contributed by atoms with Crippen LogP contribution in [0.3, 0.4) is 0 Å². The first-order valence-electron chi connectivity index (χ1n) is 11.3. The van der Waals surface area contributed by atoms with Crippen molar-refractivity contribution in [1.82, 2.24) is 10.6 Å². The van der Waals surface area contributed by atoms with Crippen LogP contribution < -0.4 is 15.4 Å². The Hall–Kier alpha value is -2.60. The average Bonchev–Trinajstić information content (AvgIpc) is 3.15. The van der Waals surface area contributed by atoms with E-state index in [1.807, 2.05) is 24.3 Å². The molecule has 2 aromatic rings. The Labute approximate surface area is 183 Å². The fourth-order valence-electron chi connectivity index (χ4n) is 5.09. The van der Waals surface area contributed by atoms with Crippen molar-refractivity contribution in [3.63, 3.8) is 0 Å². The van der Waals surface area contributed by atoms with Gasteiger partial charge < -0.3 is 20.5 Å². The van der Waals surface area contributed by atoms with Crippen molar-refractivity contribution in [3.05, 3.63) is 42.0 Å². The molecule has 0 aromatic heterocycles. The van der Waals surface area contributed by atoms with E-state index in [-0.39, 0.29) is 24.0 Å². The molecular weight excluding hydrogens is 392 g/mol. The minimum Gasteiger partial charge on any atom is -0.496 e. The summed E-state index contributed by atoms with van der Waals surface area (Å²) in [7, 11) is 1.67. The number of nitrogens with one attached hydrogen (secondary N) is 2. The molecule has 1 aliphatic carbocycles. The second kappa shape index (κ2) is 9.27. The monoisotopic (exact) mass is 424 g/mol. The Bertz CT molecular complexity index is 952. The van der Waals surface area contributed by atoms with Gasteiger partial charge in [-0.05, 0) is 62.0 Å². The van der Waals surface area contributed by atoms with Gasteiger partial charge in [0.25, 0.3) is 0 Å². The van der Waals surface area contributed by atoms with Crippen molar-refractivity contribution in [2.75, 3.05) is 7.11 Å². The van der Waals surface area contributed by atoms with Crippen LogP contribution in [0.25, 0.3) is 10.8 Å². The van der Waals surface area contributed by atoms with Crippen LogP contribution in [0.1, 0.15) is 56.9 Å². The van der Waals surface area contributed by atoms with E-state index >= 15 is 0 Å². The molecule has 31 heavy (non-hydrogen) atoms. The van der Waals surface area contributed by atoms with E-state index in [0.717, 1.165) is 54.2 Å². The molecule has 2 amide bonds. The van der Waals surface area contributed by atoms with E-state index in [0.29, 0.717) is 25.7 Å². The largest absolute Gasteiger partial charge is 0.496 e. The Balaban J connectivity index is 1.47. The maximum absolute atomic E-state index is 12.6. The third kappa shape index (κ3) is 5.01. The van der Waals surface area contributed by atoms with E-state index in [9.17, 15) is 14.7 Å². The summed E-state index contributed by atoms with van der Waals surface area (Å²) < 4.78 is 5.51. The SMILES string of the molecule is COc1ccc(CC2(CCC(=O)NC3CCC(O)CC3)CCC(=O)N2)c2ccccc12. The number of hydrogen-bond acceptors (Lipinski definition) is 4. The number of carbonyl (C=O) groups is 2. The Kier molecular flexibility index (Phi) is 6.46. The van der Waals surface area contributed by atoms with Crippen molar-refractivity contribution in [2.24, 2.45) is 0 Å². The highest BCUT2D eigenvalue weighted by atomic mass is 16.5. The van der Waals surface area contributed by atoms with Gasteiger partial charge >= 0.3 is 0 Å². The fourth-order valence-corrected chi connectivity index (χ4v) is 5.09. The smallest absolute Gasteiger partial charge is 0.220 e. The number of aliphatic hydroxyl groups is 1. The second-order valence-corrected chi connectivity index (χ2v) is 9.05. The van der Waals surface area contributed by atoms with Gasteiger partial charge in [-0.3, -0.25) is 9.59 Å². The minimum absolute atomic E-state index is 0.0292. The minimum atomic E-state index is -0.408. The number of amides is 2. The van der Waals surface area contributed by atoms with Crippen LogP contribution in [0.2, 0.25) is 0 Å². The molecule has 166 valence electrons. The molecule has 3 N–H and O–H groups in total. The van der Waals surface area contributed by atoms with Crippen molar-refractivity contribution < 1.29 is 19.4 Å². The quantitative estimate of drug-likeness (QED) is 0.637. The molecule has 1 unspecified atom stereocenters. The zero-order chi connectivity index (χ0) is 21.8. The Morgan fingerprint density at radius 1 is 1.16 bits per heavy atom. The van der Waals surface area contributed by atoms with Crippen LogP contribution in [0, 0.1) is 0 Å². The Morgan fingerprint density at radius 3 is 2.58 bits per heavy atom. The van der Waals surface area contributed by atoms with Crippen LogP contribution in [-0.2, 0) is 16.0 Å². The van der Waals surface area contributed by atoms with Crippen LogP contribution >= 0.6 is 0 Å². The number of hydrogen-bond donors (Lipinski definition) is 3. The number of methoxy groups -OCH3 is 1. The van der Waals surface area contributed by atoms with Crippen molar-refractivity contribution in [1.29, 1.82) is 0 Å². The molecule has 6 nitrogen and oxygen atoms in total. The molecule has 1 aliphatic heterocycles. The number of ether oxygens (including phenoxy) is 1. The highest BCUT2D eigenvalue weighted by Gasteiger charge is 2.38. The molecule has 0 spiro atoms. The van der Waals surface area contributed by atoms with E-state index in [2.05, 4.69) is 22.8 Å². The predicted molar refractivity (Wildman–Crippen MR) is 120 cm³/mol. The third-order valence-electron chi connectivity index (χ3n) is 6.85. The maximum Gasteiger partial charge on any atom is 0.220 e. The van der Waals surface area contributed by atoms with Gasteiger partial charge in [0.15, 0.2) is 0 Å². The van der Waals surface area contributed by atoms with Gasteiger partial charge in [-0.2, -0.15) is 0 Å². The highest BCUT2D eigenvalue weighted by Crippen LogP contribution is 2.35. The van der Waals surface area contributed by atoms with Crippen molar-refractivity contribution >= 4 is 22.6 Å². The van der Waals surface area contributed by atoms with Crippen LogP contribution in [0.5, 0.6) is 5.75 Å². The zero-order valence-electron chi connectivity index (χ0n) is 18.2. The lowest BCUT2D eigenvalue weighted by Crippen LogP contribution is -2.45.